The Kier molecular flexibility index (Phi) is 4.30. The monoisotopic (exact) mass is 326 g/mol. The second kappa shape index (κ2) is 6.73. The average molecular weight is 326 g/mol. The van der Waals surface area contributed by atoms with Gasteiger partial charge in [0.15, 0.2) is 0 Å². The van der Waals surface area contributed by atoms with Crippen LogP contribution in [0, 0.1) is 11.8 Å². The molecular formula is C18H22N4O2. The van der Waals surface area contributed by atoms with Crippen LogP contribution < -0.4 is 0 Å². The number of carbonyl (C=O) groups is 1. The minimum atomic E-state index is 0.238. The molecule has 0 N–H and O–H groups in total. The predicted octanol–water partition coefficient (Wildman–Crippen LogP) is 1.86. The number of carbonyl (C=O) groups excluding carboxylic acids is 1. The lowest BCUT2D eigenvalue weighted by molar-refractivity contribution is -0.134. The fraction of sp³-hybridized carbons (Fsp3) is 0.500. The molecule has 3 heterocycles. The summed E-state index contributed by atoms with van der Waals surface area (Å²) in [4.78, 5) is 23.2. The van der Waals surface area contributed by atoms with E-state index in [-0.39, 0.29) is 17.7 Å². The second-order valence-corrected chi connectivity index (χ2v) is 6.69. The Morgan fingerprint density at radius 1 is 1.21 bits per heavy atom. The van der Waals surface area contributed by atoms with Crippen LogP contribution in [0.1, 0.15) is 24.4 Å². The zero-order valence-corrected chi connectivity index (χ0v) is 13.7. The van der Waals surface area contributed by atoms with E-state index in [2.05, 4.69) is 14.5 Å². The molecule has 1 unspecified atom stereocenters. The van der Waals surface area contributed by atoms with Crippen LogP contribution in [0.2, 0.25) is 0 Å². The maximum absolute atomic E-state index is 12.5. The van der Waals surface area contributed by atoms with Crippen LogP contribution in [0.15, 0.2) is 36.8 Å². The Morgan fingerprint density at radius 3 is 2.92 bits per heavy atom. The summed E-state index contributed by atoms with van der Waals surface area (Å²) in [7, 11) is 0. The van der Waals surface area contributed by atoms with Crippen molar-refractivity contribution in [3.05, 3.63) is 48.3 Å². The summed E-state index contributed by atoms with van der Waals surface area (Å²) in [6, 6.07) is 5.83. The van der Waals surface area contributed by atoms with Gasteiger partial charge < -0.3 is 14.2 Å². The third kappa shape index (κ3) is 3.48. The third-order valence-electron chi connectivity index (χ3n) is 4.64. The Balaban J connectivity index is 1.40. The molecule has 0 aromatic carbocycles. The molecule has 0 radical (unpaired) electrons. The minimum absolute atomic E-state index is 0.238. The first-order chi connectivity index (χ1) is 11.8. The first kappa shape index (κ1) is 15.3. The Hall–Kier alpha value is -2.21. The molecule has 1 amide bonds. The number of pyridine rings is 1. The standard InChI is InChI=1S/C18H22N4O2/c23-18(15-4-5-15)22-10-14(9-21-8-7-20-17(21)11-22)12-24-13-16-3-1-2-6-19-16/h1-3,6-8,14-15H,4-5,9-13H2. The zero-order valence-electron chi connectivity index (χ0n) is 13.7. The zero-order chi connectivity index (χ0) is 16.4. The quantitative estimate of drug-likeness (QED) is 0.841. The summed E-state index contributed by atoms with van der Waals surface area (Å²) in [5, 5.41) is 0. The van der Waals surface area contributed by atoms with Gasteiger partial charge in [-0.15, -0.1) is 0 Å². The van der Waals surface area contributed by atoms with Crippen LogP contribution in [0.4, 0.5) is 0 Å². The van der Waals surface area contributed by atoms with Gasteiger partial charge in [0.2, 0.25) is 5.91 Å². The molecule has 0 bridgehead atoms. The number of hydrogen-bond donors (Lipinski definition) is 0. The molecular weight excluding hydrogens is 304 g/mol. The van der Waals surface area contributed by atoms with Crippen LogP contribution >= 0.6 is 0 Å². The van der Waals surface area contributed by atoms with Crippen molar-refractivity contribution in [3.63, 3.8) is 0 Å². The second-order valence-electron chi connectivity index (χ2n) is 6.69. The van der Waals surface area contributed by atoms with Crippen molar-refractivity contribution >= 4 is 5.91 Å². The van der Waals surface area contributed by atoms with Gasteiger partial charge in [0.05, 0.1) is 25.5 Å². The molecule has 6 heteroatoms. The van der Waals surface area contributed by atoms with Crippen LogP contribution in [-0.4, -0.2) is 38.5 Å². The van der Waals surface area contributed by atoms with Crippen LogP contribution in [0.25, 0.3) is 0 Å². The number of ether oxygens (including phenoxy) is 1. The number of amides is 1. The van der Waals surface area contributed by atoms with Crippen molar-refractivity contribution in [2.75, 3.05) is 13.2 Å². The van der Waals surface area contributed by atoms with Gasteiger partial charge in [-0.05, 0) is 25.0 Å². The number of hydrogen-bond acceptors (Lipinski definition) is 4. The van der Waals surface area contributed by atoms with Crippen molar-refractivity contribution in [1.29, 1.82) is 0 Å². The van der Waals surface area contributed by atoms with Crippen molar-refractivity contribution in [1.82, 2.24) is 19.4 Å². The van der Waals surface area contributed by atoms with E-state index in [1.807, 2.05) is 35.5 Å². The summed E-state index contributed by atoms with van der Waals surface area (Å²) >= 11 is 0. The molecule has 0 saturated heterocycles. The highest BCUT2D eigenvalue weighted by molar-refractivity contribution is 5.81. The topological polar surface area (TPSA) is 60.2 Å². The minimum Gasteiger partial charge on any atom is -0.375 e. The molecule has 24 heavy (non-hydrogen) atoms. The fourth-order valence-corrected chi connectivity index (χ4v) is 3.22. The van der Waals surface area contributed by atoms with Gasteiger partial charge in [0.25, 0.3) is 0 Å². The van der Waals surface area contributed by atoms with Crippen molar-refractivity contribution in [2.45, 2.75) is 32.5 Å². The van der Waals surface area contributed by atoms with E-state index < -0.39 is 0 Å². The number of aromatic nitrogens is 3. The number of rotatable bonds is 5. The normalized spacial score (nSPS) is 20.5. The molecule has 2 aliphatic rings. The maximum atomic E-state index is 12.5. The molecule has 1 fully saturated rings. The van der Waals surface area contributed by atoms with Crippen molar-refractivity contribution in [3.8, 4) is 0 Å². The fourth-order valence-electron chi connectivity index (χ4n) is 3.22. The lowest BCUT2D eigenvalue weighted by Crippen LogP contribution is -2.36. The van der Waals surface area contributed by atoms with Gasteiger partial charge in [-0.1, -0.05) is 6.07 Å². The van der Waals surface area contributed by atoms with E-state index in [9.17, 15) is 4.79 Å². The van der Waals surface area contributed by atoms with Gasteiger partial charge in [-0.3, -0.25) is 9.78 Å². The number of nitrogens with zero attached hydrogens (tertiary/aromatic N) is 4. The highest BCUT2D eigenvalue weighted by Crippen LogP contribution is 2.32. The van der Waals surface area contributed by atoms with E-state index in [4.69, 9.17) is 4.74 Å². The average Bonchev–Trinajstić information content (AvgIpc) is 3.39. The molecule has 2 aromatic rings. The SMILES string of the molecule is O=C(C1CC1)N1Cc2nccn2CC(COCc2ccccn2)C1. The summed E-state index contributed by atoms with van der Waals surface area (Å²) in [6.45, 7) is 3.30. The highest BCUT2D eigenvalue weighted by atomic mass is 16.5. The smallest absolute Gasteiger partial charge is 0.226 e. The van der Waals surface area contributed by atoms with E-state index in [0.29, 0.717) is 19.8 Å². The lowest BCUT2D eigenvalue weighted by atomic mass is 10.1. The number of fused-ring (bicyclic) bond motifs is 1. The van der Waals surface area contributed by atoms with Crippen LogP contribution in [0.5, 0.6) is 0 Å². The van der Waals surface area contributed by atoms with Gasteiger partial charge in [0, 0.05) is 43.5 Å². The van der Waals surface area contributed by atoms with E-state index in [1.165, 1.54) is 0 Å². The molecule has 2 aromatic heterocycles. The van der Waals surface area contributed by atoms with Crippen LogP contribution in [-0.2, 0) is 29.2 Å². The number of imidazole rings is 1. The van der Waals surface area contributed by atoms with E-state index in [0.717, 1.165) is 37.4 Å². The van der Waals surface area contributed by atoms with Gasteiger partial charge >= 0.3 is 0 Å². The van der Waals surface area contributed by atoms with Gasteiger partial charge in [-0.25, -0.2) is 4.98 Å². The lowest BCUT2D eigenvalue weighted by Gasteiger charge is -2.24. The Bertz CT molecular complexity index is 696. The Morgan fingerprint density at radius 2 is 2.12 bits per heavy atom. The molecule has 126 valence electrons. The summed E-state index contributed by atoms with van der Waals surface area (Å²) in [6.07, 6.45) is 7.64. The highest BCUT2D eigenvalue weighted by Gasteiger charge is 2.35. The summed E-state index contributed by atoms with van der Waals surface area (Å²) < 4.78 is 8.02. The molecule has 0 spiro atoms. The third-order valence-corrected chi connectivity index (χ3v) is 4.64. The van der Waals surface area contributed by atoms with Gasteiger partial charge in [0.1, 0.15) is 5.82 Å². The van der Waals surface area contributed by atoms with Crippen molar-refractivity contribution in [2.24, 2.45) is 11.8 Å². The molecule has 1 aliphatic heterocycles. The molecule has 1 saturated carbocycles. The summed E-state index contributed by atoms with van der Waals surface area (Å²) in [5.41, 5.74) is 0.931. The summed E-state index contributed by atoms with van der Waals surface area (Å²) in [5.74, 6) is 1.76. The maximum Gasteiger partial charge on any atom is 0.226 e. The molecule has 1 aliphatic carbocycles. The molecule has 1 atom stereocenters. The molecule has 6 nitrogen and oxygen atoms in total. The van der Waals surface area contributed by atoms with E-state index in [1.54, 1.807) is 6.20 Å². The first-order valence-corrected chi connectivity index (χ1v) is 8.56. The first-order valence-electron chi connectivity index (χ1n) is 8.56. The Labute approximate surface area is 141 Å². The van der Waals surface area contributed by atoms with Crippen molar-refractivity contribution < 1.29 is 9.53 Å². The van der Waals surface area contributed by atoms with Crippen LogP contribution in [0.3, 0.4) is 0 Å². The van der Waals surface area contributed by atoms with E-state index >= 15 is 0 Å². The largest absolute Gasteiger partial charge is 0.375 e. The van der Waals surface area contributed by atoms with Gasteiger partial charge in [-0.2, -0.15) is 0 Å². The molecule has 4 rings (SSSR count). The predicted molar refractivity (Wildman–Crippen MR) is 87.8 cm³/mol.